The van der Waals surface area contributed by atoms with Gasteiger partial charge in [-0.3, -0.25) is 18.9 Å². The second kappa shape index (κ2) is 11.6. The number of methoxy groups -OCH3 is 2. The Bertz CT molecular complexity index is 1390. The Morgan fingerprint density at radius 3 is 2.27 bits per heavy atom. The van der Waals surface area contributed by atoms with E-state index in [1.54, 1.807) is 38.2 Å². The molecule has 0 bridgehead atoms. The normalized spacial score (nSPS) is 15.2. The van der Waals surface area contributed by atoms with Gasteiger partial charge in [0.25, 0.3) is 15.7 Å². The standard InChI is InChI=1S/C26H34N4O6S/c1-28-17-22(20-6-7-27-16-21(20)26(28)31)19-14-24(34-2)23(25(15-19)35-3)18-30-11-9-29(10-12-30)8-5-13-36-37(4,32)33/h6-7,14-17H,5,8-13,18H2,1-4H3. The van der Waals surface area contributed by atoms with Gasteiger partial charge in [-0.2, -0.15) is 8.42 Å². The van der Waals surface area contributed by atoms with Crippen LogP contribution in [0.2, 0.25) is 0 Å². The van der Waals surface area contributed by atoms with E-state index in [4.69, 9.17) is 13.7 Å². The molecule has 10 nitrogen and oxygen atoms in total. The van der Waals surface area contributed by atoms with Crippen molar-refractivity contribution in [2.75, 3.05) is 59.8 Å². The van der Waals surface area contributed by atoms with Crippen LogP contribution in [0.5, 0.6) is 11.5 Å². The van der Waals surface area contributed by atoms with E-state index >= 15 is 0 Å². The van der Waals surface area contributed by atoms with Crippen LogP contribution in [-0.2, 0) is 27.9 Å². The Labute approximate surface area is 217 Å². The van der Waals surface area contributed by atoms with Crippen LogP contribution in [0.25, 0.3) is 21.9 Å². The summed E-state index contributed by atoms with van der Waals surface area (Å²) in [6.45, 7) is 5.21. The summed E-state index contributed by atoms with van der Waals surface area (Å²) in [5.41, 5.74) is 2.67. The van der Waals surface area contributed by atoms with Crippen LogP contribution in [0.15, 0.2) is 41.6 Å². The van der Waals surface area contributed by atoms with E-state index in [-0.39, 0.29) is 12.2 Å². The fraction of sp³-hybridized carbons (Fsp3) is 0.462. The number of fused-ring (bicyclic) bond motifs is 1. The third kappa shape index (κ3) is 6.48. The van der Waals surface area contributed by atoms with E-state index in [0.29, 0.717) is 18.4 Å². The summed E-state index contributed by atoms with van der Waals surface area (Å²) >= 11 is 0. The number of hydrogen-bond acceptors (Lipinski definition) is 9. The van der Waals surface area contributed by atoms with Crippen LogP contribution in [0.3, 0.4) is 0 Å². The number of aryl methyl sites for hydroxylation is 1. The van der Waals surface area contributed by atoms with Gasteiger partial charge < -0.3 is 18.9 Å². The van der Waals surface area contributed by atoms with Gasteiger partial charge in [-0.15, -0.1) is 0 Å². The monoisotopic (exact) mass is 530 g/mol. The number of rotatable bonds is 10. The number of pyridine rings is 2. The Kier molecular flexibility index (Phi) is 8.48. The first kappa shape index (κ1) is 27.1. The van der Waals surface area contributed by atoms with Gasteiger partial charge in [0.15, 0.2) is 0 Å². The molecule has 0 unspecified atom stereocenters. The van der Waals surface area contributed by atoms with Gasteiger partial charge >= 0.3 is 0 Å². The summed E-state index contributed by atoms with van der Waals surface area (Å²) in [7, 11) is 1.66. The van der Waals surface area contributed by atoms with Crippen LogP contribution in [0, 0.1) is 0 Å². The zero-order chi connectivity index (χ0) is 26.6. The van der Waals surface area contributed by atoms with Crippen LogP contribution in [0.4, 0.5) is 0 Å². The molecule has 2 aromatic heterocycles. The van der Waals surface area contributed by atoms with Crippen molar-refractivity contribution in [2.24, 2.45) is 7.05 Å². The van der Waals surface area contributed by atoms with Gasteiger partial charge in [-0.1, -0.05) is 0 Å². The van der Waals surface area contributed by atoms with Crippen molar-refractivity contribution in [3.05, 3.63) is 52.7 Å². The molecule has 200 valence electrons. The Morgan fingerprint density at radius 1 is 1.00 bits per heavy atom. The zero-order valence-corrected chi connectivity index (χ0v) is 22.6. The molecule has 0 amide bonds. The third-order valence-electron chi connectivity index (χ3n) is 6.67. The molecule has 1 fully saturated rings. The fourth-order valence-electron chi connectivity index (χ4n) is 4.73. The number of piperazine rings is 1. The summed E-state index contributed by atoms with van der Waals surface area (Å²) in [4.78, 5) is 21.4. The lowest BCUT2D eigenvalue weighted by molar-refractivity contribution is 0.120. The van der Waals surface area contributed by atoms with Gasteiger partial charge in [-0.05, 0) is 35.6 Å². The number of hydrogen-bond donors (Lipinski definition) is 0. The molecule has 0 aliphatic carbocycles. The van der Waals surface area contributed by atoms with Crippen molar-refractivity contribution in [2.45, 2.75) is 13.0 Å². The summed E-state index contributed by atoms with van der Waals surface area (Å²) in [5, 5.41) is 1.39. The van der Waals surface area contributed by atoms with E-state index in [9.17, 15) is 13.2 Å². The lowest BCUT2D eigenvalue weighted by atomic mass is 9.99. The predicted molar refractivity (Wildman–Crippen MR) is 143 cm³/mol. The van der Waals surface area contributed by atoms with Gasteiger partial charge in [-0.25, -0.2) is 0 Å². The first-order chi connectivity index (χ1) is 17.7. The average molecular weight is 531 g/mol. The second-order valence-corrected chi connectivity index (χ2v) is 10.9. The maximum atomic E-state index is 12.6. The minimum absolute atomic E-state index is 0.0931. The molecule has 0 N–H and O–H groups in total. The predicted octanol–water partition coefficient (Wildman–Crippen LogP) is 2.10. The molecule has 0 radical (unpaired) electrons. The quantitative estimate of drug-likeness (QED) is 0.288. The molecule has 3 aromatic rings. The highest BCUT2D eigenvalue weighted by molar-refractivity contribution is 7.85. The van der Waals surface area contributed by atoms with Crippen molar-refractivity contribution in [3.8, 4) is 22.6 Å². The molecule has 0 spiro atoms. The molecule has 0 saturated carbocycles. The van der Waals surface area contributed by atoms with Crippen molar-refractivity contribution >= 4 is 20.9 Å². The number of benzene rings is 1. The summed E-state index contributed by atoms with van der Waals surface area (Å²) in [6, 6.07) is 5.84. The molecule has 1 aromatic carbocycles. The summed E-state index contributed by atoms with van der Waals surface area (Å²) in [5.74, 6) is 1.46. The van der Waals surface area contributed by atoms with Crippen LogP contribution in [0.1, 0.15) is 12.0 Å². The van der Waals surface area contributed by atoms with Gasteiger partial charge in [0.05, 0.1) is 38.0 Å². The number of nitrogens with zero attached hydrogens (tertiary/aromatic N) is 4. The Hall–Kier alpha value is -2.99. The van der Waals surface area contributed by atoms with Crippen LogP contribution in [-0.4, -0.2) is 87.6 Å². The maximum Gasteiger partial charge on any atom is 0.264 e. The molecule has 11 heteroatoms. The molecular formula is C26H34N4O6S. The highest BCUT2D eigenvalue weighted by Gasteiger charge is 2.22. The van der Waals surface area contributed by atoms with E-state index in [1.165, 1.54) is 0 Å². The van der Waals surface area contributed by atoms with Crippen LogP contribution >= 0.6 is 0 Å². The van der Waals surface area contributed by atoms with E-state index < -0.39 is 10.1 Å². The first-order valence-electron chi connectivity index (χ1n) is 12.2. The fourth-order valence-corrected chi connectivity index (χ4v) is 5.15. The zero-order valence-electron chi connectivity index (χ0n) is 21.8. The highest BCUT2D eigenvalue weighted by atomic mass is 32.2. The minimum Gasteiger partial charge on any atom is -0.496 e. The van der Waals surface area contributed by atoms with Crippen molar-refractivity contribution in [1.29, 1.82) is 0 Å². The number of aromatic nitrogens is 2. The molecule has 1 aliphatic rings. The van der Waals surface area contributed by atoms with E-state index in [2.05, 4.69) is 14.8 Å². The first-order valence-corrected chi connectivity index (χ1v) is 14.0. The number of ether oxygens (including phenoxy) is 2. The smallest absolute Gasteiger partial charge is 0.264 e. The van der Waals surface area contributed by atoms with Gasteiger partial charge in [0.1, 0.15) is 11.5 Å². The molecular weight excluding hydrogens is 496 g/mol. The summed E-state index contributed by atoms with van der Waals surface area (Å²) in [6.07, 6.45) is 6.86. The second-order valence-electron chi connectivity index (χ2n) is 9.24. The van der Waals surface area contributed by atoms with E-state index in [0.717, 1.165) is 72.6 Å². The maximum absolute atomic E-state index is 12.6. The molecule has 4 rings (SSSR count). The minimum atomic E-state index is -3.39. The van der Waals surface area contributed by atoms with Crippen molar-refractivity contribution in [1.82, 2.24) is 19.4 Å². The summed E-state index contributed by atoms with van der Waals surface area (Å²) < 4.78 is 40.3. The lowest BCUT2D eigenvalue weighted by Gasteiger charge is -2.35. The molecule has 1 aliphatic heterocycles. The molecule has 0 atom stereocenters. The van der Waals surface area contributed by atoms with E-state index in [1.807, 2.05) is 24.4 Å². The van der Waals surface area contributed by atoms with Gasteiger partial charge in [0, 0.05) is 70.5 Å². The highest BCUT2D eigenvalue weighted by Crippen LogP contribution is 2.37. The Balaban J connectivity index is 1.51. The van der Waals surface area contributed by atoms with Gasteiger partial charge in [0.2, 0.25) is 0 Å². The average Bonchev–Trinajstić information content (AvgIpc) is 2.89. The lowest BCUT2D eigenvalue weighted by Crippen LogP contribution is -2.46. The van der Waals surface area contributed by atoms with Crippen molar-refractivity contribution in [3.63, 3.8) is 0 Å². The SMILES string of the molecule is COc1cc(-c2cn(C)c(=O)c3cnccc23)cc(OC)c1CN1CCN(CCCOS(C)(=O)=O)CC1. The van der Waals surface area contributed by atoms with Crippen molar-refractivity contribution < 1.29 is 22.1 Å². The third-order valence-corrected chi connectivity index (χ3v) is 7.26. The Morgan fingerprint density at radius 2 is 1.65 bits per heavy atom. The molecule has 37 heavy (non-hydrogen) atoms. The van der Waals surface area contributed by atoms with Crippen LogP contribution < -0.4 is 15.0 Å². The largest absolute Gasteiger partial charge is 0.496 e. The molecule has 3 heterocycles. The topological polar surface area (TPSA) is 103 Å². The molecule has 1 saturated heterocycles.